The molecule has 0 radical (unpaired) electrons. The molecule has 2 aromatic rings. The number of nitrogens with two attached hydrogens (primary N) is 1. The highest BCUT2D eigenvalue weighted by atomic mass is 32.2. The molecule has 0 aliphatic carbocycles. The van der Waals surface area contributed by atoms with Crippen molar-refractivity contribution in [2.45, 2.75) is 11.4 Å². The summed E-state index contributed by atoms with van der Waals surface area (Å²) in [6.45, 7) is 0.145. The van der Waals surface area contributed by atoms with Crippen LogP contribution in [-0.4, -0.2) is 18.4 Å². The van der Waals surface area contributed by atoms with Gasteiger partial charge in [0.25, 0.3) is 0 Å². The van der Waals surface area contributed by atoms with Gasteiger partial charge in [0.05, 0.1) is 11.4 Å². The number of thiocarbonyl (C=S) groups is 1. The van der Waals surface area contributed by atoms with Crippen molar-refractivity contribution in [3.05, 3.63) is 46.4 Å². The number of hydrogen-bond acceptors (Lipinski definition) is 5. The molecule has 0 spiro atoms. The Kier molecular flexibility index (Phi) is 4.25. The molecule has 0 fully saturated rings. The summed E-state index contributed by atoms with van der Waals surface area (Å²) in [4.78, 5) is 4.15. The second-order valence-corrected chi connectivity index (χ2v) is 6.77. The summed E-state index contributed by atoms with van der Waals surface area (Å²) in [7, 11) is -3.66. The summed E-state index contributed by atoms with van der Waals surface area (Å²) < 4.78 is 26.9. The van der Waals surface area contributed by atoms with Crippen molar-refractivity contribution in [1.82, 2.24) is 9.71 Å². The lowest BCUT2D eigenvalue weighted by molar-refractivity contribution is 0.581. The zero-order valence-electron chi connectivity index (χ0n) is 9.74. The maximum Gasteiger partial charge on any atom is 0.241 e. The molecule has 1 heterocycles. The third-order valence-electron chi connectivity index (χ3n) is 2.34. The quantitative estimate of drug-likeness (QED) is 0.812. The Bertz CT molecular complexity index is 681. The third kappa shape index (κ3) is 3.35. The van der Waals surface area contributed by atoms with E-state index in [1.807, 2.05) is 0 Å². The van der Waals surface area contributed by atoms with Gasteiger partial charge in [0.2, 0.25) is 10.0 Å². The smallest absolute Gasteiger partial charge is 0.241 e. The molecule has 1 aromatic carbocycles. The predicted molar refractivity (Wildman–Crippen MR) is 78.5 cm³/mol. The van der Waals surface area contributed by atoms with E-state index < -0.39 is 10.0 Å². The molecule has 100 valence electrons. The summed E-state index contributed by atoms with van der Waals surface area (Å²) in [6, 6.07) is 6.37. The van der Waals surface area contributed by atoms with E-state index in [4.69, 9.17) is 18.0 Å². The van der Waals surface area contributed by atoms with E-state index in [9.17, 15) is 8.42 Å². The number of nitrogens with one attached hydrogen (secondary N) is 1. The Labute approximate surface area is 120 Å². The van der Waals surface area contributed by atoms with Crippen LogP contribution in [0.5, 0.6) is 0 Å². The van der Waals surface area contributed by atoms with Crippen molar-refractivity contribution in [3.63, 3.8) is 0 Å². The molecule has 0 amide bonds. The van der Waals surface area contributed by atoms with Crippen molar-refractivity contribution in [2.75, 3.05) is 0 Å². The van der Waals surface area contributed by atoms with Gasteiger partial charge in [-0.2, -0.15) is 0 Å². The maximum absolute atomic E-state index is 12.2. The first-order valence-corrected chi connectivity index (χ1v) is 8.04. The van der Waals surface area contributed by atoms with Crippen LogP contribution >= 0.6 is 23.6 Å². The van der Waals surface area contributed by atoms with Crippen LogP contribution < -0.4 is 10.5 Å². The zero-order chi connectivity index (χ0) is 13.9. The van der Waals surface area contributed by atoms with E-state index in [1.165, 1.54) is 17.4 Å². The number of benzene rings is 1. The van der Waals surface area contributed by atoms with Gasteiger partial charge in [0.1, 0.15) is 10.00 Å². The standard InChI is InChI=1S/C11H11N3O2S3/c12-11(17)8-3-1-2-4-9(8)19(15,16)14-7-10-13-5-6-18-10/h1-6,14H,7H2,(H2,12,17). The van der Waals surface area contributed by atoms with Gasteiger partial charge < -0.3 is 5.73 Å². The molecule has 2 rings (SSSR count). The first-order valence-electron chi connectivity index (χ1n) is 5.27. The van der Waals surface area contributed by atoms with E-state index in [-0.39, 0.29) is 16.4 Å². The van der Waals surface area contributed by atoms with Crippen molar-refractivity contribution in [3.8, 4) is 0 Å². The highest BCUT2D eigenvalue weighted by molar-refractivity contribution is 7.89. The normalized spacial score (nSPS) is 11.4. The van der Waals surface area contributed by atoms with E-state index in [0.29, 0.717) is 10.6 Å². The van der Waals surface area contributed by atoms with Crippen molar-refractivity contribution < 1.29 is 8.42 Å². The second-order valence-electron chi connectivity index (χ2n) is 3.61. The van der Waals surface area contributed by atoms with Crippen LogP contribution in [0.3, 0.4) is 0 Å². The summed E-state index contributed by atoms with van der Waals surface area (Å²) in [5.41, 5.74) is 5.87. The van der Waals surface area contributed by atoms with Crippen LogP contribution in [0.2, 0.25) is 0 Å². The van der Waals surface area contributed by atoms with Crippen molar-refractivity contribution >= 4 is 38.6 Å². The molecule has 3 N–H and O–H groups in total. The van der Waals surface area contributed by atoms with Crippen LogP contribution in [-0.2, 0) is 16.6 Å². The summed E-state index contributed by atoms with van der Waals surface area (Å²) in [5, 5.41) is 2.48. The highest BCUT2D eigenvalue weighted by Gasteiger charge is 2.19. The summed E-state index contributed by atoms with van der Waals surface area (Å²) in [5.74, 6) is 0. The summed E-state index contributed by atoms with van der Waals surface area (Å²) in [6.07, 6.45) is 1.62. The molecule has 5 nitrogen and oxygen atoms in total. The van der Waals surface area contributed by atoms with Gasteiger partial charge in [0.15, 0.2) is 0 Å². The molecule has 0 aliphatic heterocycles. The highest BCUT2D eigenvalue weighted by Crippen LogP contribution is 2.16. The second kappa shape index (κ2) is 5.74. The van der Waals surface area contributed by atoms with Gasteiger partial charge in [-0.1, -0.05) is 30.4 Å². The van der Waals surface area contributed by atoms with E-state index in [0.717, 1.165) is 0 Å². The van der Waals surface area contributed by atoms with Gasteiger partial charge in [-0.05, 0) is 6.07 Å². The first-order chi connectivity index (χ1) is 9.00. The molecule has 0 aliphatic rings. The fourth-order valence-electron chi connectivity index (χ4n) is 1.48. The molecule has 0 saturated heterocycles. The van der Waals surface area contributed by atoms with Gasteiger partial charge in [-0.15, -0.1) is 11.3 Å². The number of thiazole rings is 1. The number of nitrogens with zero attached hydrogens (tertiary/aromatic N) is 1. The van der Waals surface area contributed by atoms with Gasteiger partial charge >= 0.3 is 0 Å². The minimum Gasteiger partial charge on any atom is -0.389 e. The lowest BCUT2D eigenvalue weighted by atomic mass is 10.2. The van der Waals surface area contributed by atoms with Crippen LogP contribution in [0, 0.1) is 0 Å². The zero-order valence-corrected chi connectivity index (χ0v) is 12.2. The number of rotatable bonds is 5. The van der Waals surface area contributed by atoms with Crippen molar-refractivity contribution in [2.24, 2.45) is 5.73 Å². The average Bonchev–Trinajstić information content (AvgIpc) is 2.89. The van der Waals surface area contributed by atoms with Gasteiger partial charge in [-0.25, -0.2) is 18.1 Å². The molecular formula is C11H11N3O2S3. The van der Waals surface area contributed by atoms with Gasteiger partial charge in [0, 0.05) is 17.1 Å². The number of hydrogen-bond donors (Lipinski definition) is 2. The first kappa shape index (κ1) is 14.1. The molecule has 0 bridgehead atoms. The van der Waals surface area contributed by atoms with Crippen molar-refractivity contribution in [1.29, 1.82) is 0 Å². The topological polar surface area (TPSA) is 85.1 Å². The minimum atomic E-state index is -3.66. The van der Waals surface area contributed by atoms with E-state index >= 15 is 0 Å². The molecule has 19 heavy (non-hydrogen) atoms. The van der Waals surface area contributed by atoms with E-state index in [1.54, 1.807) is 29.8 Å². The Morgan fingerprint density at radius 2 is 2.16 bits per heavy atom. The third-order valence-corrected chi connectivity index (χ3v) is 4.80. The van der Waals surface area contributed by atoms with Crippen LogP contribution in [0.25, 0.3) is 0 Å². The molecule has 8 heteroatoms. The predicted octanol–water partition coefficient (Wildman–Crippen LogP) is 1.26. The average molecular weight is 313 g/mol. The Hall–Kier alpha value is -1.35. The van der Waals surface area contributed by atoms with Crippen LogP contribution in [0.1, 0.15) is 10.6 Å². The van der Waals surface area contributed by atoms with Crippen LogP contribution in [0.15, 0.2) is 40.7 Å². The molecule has 0 unspecified atom stereocenters. The number of aromatic nitrogens is 1. The molecular weight excluding hydrogens is 302 g/mol. The van der Waals surface area contributed by atoms with E-state index in [2.05, 4.69) is 9.71 Å². The fraction of sp³-hybridized carbons (Fsp3) is 0.0909. The van der Waals surface area contributed by atoms with Gasteiger partial charge in [-0.3, -0.25) is 0 Å². The maximum atomic E-state index is 12.2. The molecule has 1 aromatic heterocycles. The minimum absolute atomic E-state index is 0.0511. The Morgan fingerprint density at radius 3 is 2.79 bits per heavy atom. The molecule has 0 atom stereocenters. The lowest BCUT2D eigenvalue weighted by Crippen LogP contribution is -2.26. The fourth-order valence-corrected chi connectivity index (χ4v) is 3.58. The SMILES string of the molecule is NC(=S)c1ccccc1S(=O)(=O)NCc1nccs1. The van der Waals surface area contributed by atoms with Crippen LogP contribution in [0.4, 0.5) is 0 Å². The lowest BCUT2D eigenvalue weighted by Gasteiger charge is -2.09. The Morgan fingerprint density at radius 1 is 1.42 bits per heavy atom. The Balaban J connectivity index is 2.27. The molecule has 0 saturated carbocycles. The monoisotopic (exact) mass is 313 g/mol. The number of sulfonamides is 1. The summed E-state index contributed by atoms with van der Waals surface area (Å²) >= 11 is 6.24. The largest absolute Gasteiger partial charge is 0.389 e.